The number of H-pyrrole nitrogens is 1. The molecule has 0 aliphatic rings. The number of rotatable bonds is 6. The molecule has 0 saturated heterocycles. The lowest BCUT2D eigenvalue weighted by Gasteiger charge is -2.15. The molecule has 4 rings (SSSR count). The highest BCUT2D eigenvalue weighted by atomic mass is 32.1. The number of benzene rings is 2. The number of allylic oxidation sites excluding steroid dienone is 1. The molecule has 2 aromatic carbocycles. The topological polar surface area (TPSA) is 61.8 Å². The molecule has 0 bridgehead atoms. The maximum atomic E-state index is 9.01. The van der Waals surface area contributed by atoms with E-state index in [0.29, 0.717) is 0 Å². The maximum absolute atomic E-state index is 9.01. The summed E-state index contributed by atoms with van der Waals surface area (Å²) in [4.78, 5) is 5.69. The number of fused-ring (bicyclic) bond motifs is 1. The summed E-state index contributed by atoms with van der Waals surface area (Å²) in [5, 5.41) is 18.4. The van der Waals surface area contributed by atoms with E-state index in [1.165, 1.54) is 21.6 Å². The van der Waals surface area contributed by atoms with Crippen LogP contribution in [0.5, 0.6) is 0 Å². The zero-order valence-electron chi connectivity index (χ0n) is 16.5. The molecule has 29 heavy (non-hydrogen) atoms. The highest BCUT2D eigenvalue weighted by molar-refractivity contribution is 7.12. The number of aliphatic hydroxyl groups is 1. The Kier molecular flexibility index (Phi) is 5.69. The zero-order valence-corrected chi connectivity index (χ0v) is 17.3. The van der Waals surface area contributed by atoms with Crippen molar-refractivity contribution in [2.24, 2.45) is 0 Å². The highest BCUT2D eigenvalue weighted by Crippen LogP contribution is 2.37. The van der Waals surface area contributed by atoms with Crippen molar-refractivity contribution in [2.75, 3.05) is 6.61 Å². The van der Waals surface area contributed by atoms with Gasteiger partial charge < -0.3 is 5.11 Å². The Labute approximate surface area is 174 Å². The van der Waals surface area contributed by atoms with Gasteiger partial charge in [-0.05, 0) is 53.3 Å². The van der Waals surface area contributed by atoms with Crippen molar-refractivity contribution in [3.8, 4) is 0 Å². The first kappa shape index (κ1) is 19.3. The molecule has 0 aliphatic carbocycles. The first-order chi connectivity index (χ1) is 14.2. The van der Waals surface area contributed by atoms with E-state index in [9.17, 15) is 0 Å². The summed E-state index contributed by atoms with van der Waals surface area (Å²) >= 11 is 1.73. The van der Waals surface area contributed by atoms with Gasteiger partial charge in [-0.3, -0.25) is 5.10 Å². The Balaban J connectivity index is 1.91. The third-order valence-corrected chi connectivity index (χ3v) is 5.89. The van der Waals surface area contributed by atoms with Crippen molar-refractivity contribution >= 4 is 39.5 Å². The van der Waals surface area contributed by atoms with Gasteiger partial charge in [0.1, 0.15) is 0 Å². The van der Waals surface area contributed by atoms with Crippen molar-refractivity contribution in [1.82, 2.24) is 15.2 Å². The Bertz CT molecular complexity index is 1180. The Morgan fingerprint density at radius 3 is 2.59 bits per heavy atom. The summed E-state index contributed by atoms with van der Waals surface area (Å²) in [6, 6.07) is 14.9. The molecule has 0 fully saturated rings. The number of hydrogen-bond donors (Lipinski definition) is 2. The van der Waals surface area contributed by atoms with Crippen molar-refractivity contribution in [1.29, 1.82) is 0 Å². The number of aromatic nitrogens is 3. The standard InChI is InChI=1S/C24H23N3OS/c1-3-21(23-15-25-16(2)29-23)24(18-8-6-17(7-9-18)5-4-12-28)19-10-11-22-20(13-19)14-26-27-22/h4-11,13-15,28H,3,12H2,1-2H3,(H,26,27)/b5-4+,24-21+. The van der Waals surface area contributed by atoms with Crippen LogP contribution in [0.1, 0.15) is 39.9 Å². The summed E-state index contributed by atoms with van der Waals surface area (Å²) in [5.74, 6) is 0. The fraction of sp³-hybridized carbons (Fsp3) is 0.167. The number of aromatic amines is 1. The molecule has 0 spiro atoms. The molecule has 4 nitrogen and oxygen atoms in total. The fourth-order valence-corrected chi connectivity index (χ4v) is 4.44. The van der Waals surface area contributed by atoms with Crippen LogP contribution in [0.4, 0.5) is 0 Å². The van der Waals surface area contributed by atoms with Gasteiger partial charge in [-0.2, -0.15) is 5.10 Å². The van der Waals surface area contributed by atoms with Crippen LogP contribution < -0.4 is 0 Å². The van der Waals surface area contributed by atoms with Crippen molar-refractivity contribution in [3.05, 3.63) is 87.5 Å². The van der Waals surface area contributed by atoms with Gasteiger partial charge in [0.05, 0.1) is 28.2 Å². The Hall–Kier alpha value is -3.02. The minimum absolute atomic E-state index is 0.0440. The summed E-state index contributed by atoms with van der Waals surface area (Å²) in [7, 11) is 0. The second-order valence-corrected chi connectivity index (χ2v) is 8.06. The van der Waals surface area contributed by atoms with Crippen LogP contribution in [0.25, 0.3) is 28.1 Å². The zero-order chi connectivity index (χ0) is 20.2. The van der Waals surface area contributed by atoms with Gasteiger partial charge in [0, 0.05) is 11.6 Å². The third kappa shape index (κ3) is 4.06. The van der Waals surface area contributed by atoms with Gasteiger partial charge in [0.15, 0.2) is 0 Å². The second kappa shape index (κ2) is 8.55. The van der Waals surface area contributed by atoms with Gasteiger partial charge in [-0.1, -0.05) is 49.4 Å². The second-order valence-electron chi connectivity index (χ2n) is 6.83. The van der Waals surface area contributed by atoms with Gasteiger partial charge in [-0.15, -0.1) is 11.3 Å². The average Bonchev–Trinajstić information content (AvgIpc) is 3.39. The SMILES string of the molecule is CC/C(=C(/c1ccc(/C=C/CO)cc1)c1ccc2[nH]ncc2c1)c1cnc(C)s1. The number of nitrogens with one attached hydrogen (secondary N) is 1. The molecule has 146 valence electrons. The summed E-state index contributed by atoms with van der Waals surface area (Å²) < 4.78 is 0. The monoisotopic (exact) mass is 401 g/mol. The molecule has 0 saturated carbocycles. The Morgan fingerprint density at radius 2 is 1.90 bits per heavy atom. The maximum Gasteiger partial charge on any atom is 0.0900 e. The highest BCUT2D eigenvalue weighted by Gasteiger charge is 2.15. The van der Waals surface area contributed by atoms with E-state index in [2.05, 4.69) is 64.6 Å². The lowest BCUT2D eigenvalue weighted by atomic mass is 9.90. The molecule has 5 heteroatoms. The van der Waals surface area contributed by atoms with Crippen molar-refractivity contribution < 1.29 is 5.11 Å². The molecule has 0 amide bonds. The lowest BCUT2D eigenvalue weighted by Crippen LogP contribution is -1.94. The molecule has 2 aromatic heterocycles. The number of hydrogen-bond acceptors (Lipinski definition) is 4. The number of thiazole rings is 1. The number of aliphatic hydroxyl groups excluding tert-OH is 1. The molecule has 0 radical (unpaired) electrons. The summed E-state index contributed by atoms with van der Waals surface area (Å²) in [6.07, 6.45) is 8.43. The van der Waals surface area contributed by atoms with Gasteiger partial charge >= 0.3 is 0 Å². The van der Waals surface area contributed by atoms with E-state index >= 15 is 0 Å². The molecular formula is C24H23N3OS. The largest absolute Gasteiger partial charge is 0.392 e. The first-order valence-corrected chi connectivity index (χ1v) is 10.5. The van der Waals surface area contributed by atoms with E-state index < -0.39 is 0 Å². The fourth-order valence-electron chi connectivity index (χ4n) is 3.54. The molecular weight excluding hydrogens is 378 g/mol. The first-order valence-electron chi connectivity index (χ1n) is 9.67. The number of aryl methyl sites for hydroxylation is 1. The predicted octanol–water partition coefficient (Wildman–Crippen LogP) is 5.70. The summed E-state index contributed by atoms with van der Waals surface area (Å²) in [5.41, 5.74) is 6.94. The molecule has 2 N–H and O–H groups in total. The molecule has 4 aromatic rings. The van der Waals surface area contributed by atoms with Crippen LogP contribution in [0.15, 0.2) is 60.9 Å². The molecule has 2 heterocycles. The smallest absolute Gasteiger partial charge is 0.0900 e. The van der Waals surface area contributed by atoms with Crippen LogP contribution in [0, 0.1) is 6.92 Å². The van der Waals surface area contributed by atoms with Crippen LogP contribution in [0.3, 0.4) is 0 Å². The van der Waals surface area contributed by atoms with E-state index in [-0.39, 0.29) is 6.61 Å². The van der Waals surface area contributed by atoms with Crippen LogP contribution in [0.2, 0.25) is 0 Å². The minimum Gasteiger partial charge on any atom is -0.392 e. The Morgan fingerprint density at radius 1 is 1.10 bits per heavy atom. The van der Waals surface area contributed by atoms with Crippen molar-refractivity contribution in [3.63, 3.8) is 0 Å². The molecule has 0 unspecified atom stereocenters. The minimum atomic E-state index is 0.0440. The van der Waals surface area contributed by atoms with Crippen molar-refractivity contribution in [2.45, 2.75) is 20.3 Å². The quantitative estimate of drug-likeness (QED) is 0.435. The van der Waals surface area contributed by atoms with Crippen LogP contribution >= 0.6 is 11.3 Å². The third-order valence-electron chi connectivity index (χ3n) is 4.92. The normalized spacial score (nSPS) is 12.7. The van der Waals surface area contributed by atoms with Crippen LogP contribution in [-0.4, -0.2) is 26.9 Å². The summed E-state index contributed by atoms with van der Waals surface area (Å²) in [6.45, 7) is 4.28. The molecule has 0 atom stereocenters. The lowest BCUT2D eigenvalue weighted by molar-refractivity contribution is 0.343. The number of nitrogens with zero attached hydrogens (tertiary/aromatic N) is 2. The predicted molar refractivity (Wildman–Crippen MR) is 122 cm³/mol. The van der Waals surface area contributed by atoms with E-state index in [0.717, 1.165) is 33.5 Å². The molecule has 0 aliphatic heterocycles. The van der Waals surface area contributed by atoms with Crippen LogP contribution in [-0.2, 0) is 0 Å². The van der Waals surface area contributed by atoms with Gasteiger partial charge in [-0.25, -0.2) is 4.98 Å². The van der Waals surface area contributed by atoms with E-state index in [4.69, 9.17) is 5.11 Å². The average molecular weight is 402 g/mol. The van der Waals surface area contributed by atoms with Gasteiger partial charge in [0.2, 0.25) is 0 Å². The van der Waals surface area contributed by atoms with Gasteiger partial charge in [0.25, 0.3) is 0 Å². The van der Waals surface area contributed by atoms with E-state index in [1.54, 1.807) is 17.4 Å². The van der Waals surface area contributed by atoms with E-state index in [1.807, 2.05) is 25.4 Å².